The van der Waals surface area contributed by atoms with E-state index in [-0.39, 0.29) is 0 Å². The summed E-state index contributed by atoms with van der Waals surface area (Å²) in [6.07, 6.45) is 3.72. The highest BCUT2D eigenvalue weighted by molar-refractivity contribution is 9.10. The van der Waals surface area contributed by atoms with Crippen molar-refractivity contribution in [2.45, 2.75) is 15.2 Å². The van der Waals surface area contributed by atoms with Crippen LogP contribution in [0.3, 0.4) is 0 Å². The third kappa shape index (κ3) is 3.37. The zero-order chi connectivity index (χ0) is 13.0. The highest BCUT2D eigenvalue weighted by Crippen LogP contribution is 2.31. The average molecular weight is 343 g/mol. The lowest BCUT2D eigenvalue weighted by atomic mass is 10.5. The van der Waals surface area contributed by atoms with E-state index >= 15 is 0 Å². The first-order valence-corrected chi connectivity index (χ1v) is 7.95. The van der Waals surface area contributed by atoms with Crippen LogP contribution < -0.4 is 5.32 Å². The first-order valence-electron chi connectivity index (χ1n) is 5.12. The first kappa shape index (κ1) is 13.6. The smallest absolute Gasteiger partial charge is 0.190 e. The van der Waals surface area contributed by atoms with E-state index in [0.717, 1.165) is 25.5 Å². The van der Waals surface area contributed by atoms with E-state index in [4.69, 9.17) is 0 Å². The van der Waals surface area contributed by atoms with Crippen LogP contribution in [0.15, 0.2) is 44.1 Å². The molecule has 1 N–H and O–H groups in total. The topological polar surface area (TPSA) is 50.7 Å². The second-order valence-electron chi connectivity index (χ2n) is 3.22. The Balaban J connectivity index is 2.31. The predicted octanol–water partition coefficient (Wildman–Crippen LogP) is 3.55. The molecule has 4 nitrogen and oxygen atoms in total. The van der Waals surface area contributed by atoms with E-state index in [0.29, 0.717) is 0 Å². The number of halogens is 1. The number of thioether (sulfide) groups is 1. The molecule has 0 bridgehead atoms. The van der Waals surface area contributed by atoms with Gasteiger partial charge in [-0.3, -0.25) is 0 Å². The number of anilines is 1. The van der Waals surface area contributed by atoms with Crippen LogP contribution in [-0.4, -0.2) is 28.3 Å². The summed E-state index contributed by atoms with van der Waals surface area (Å²) in [5.41, 5.74) is 0. The molecule has 0 spiro atoms. The van der Waals surface area contributed by atoms with Crippen molar-refractivity contribution in [1.29, 1.82) is 0 Å². The highest BCUT2D eigenvalue weighted by Gasteiger charge is 2.08. The lowest BCUT2D eigenvalue weighted by Gasteiger charge is -2.06. The van der Waals surface area contributed by atoms with E-state index in [1.54, 1.807) is 6.20 Å². The van der Waals surface area contributed by atoms with Crippen LogP contribution in [-0.2, 0) is 0 Å². The summed E-state index contributed by atoms with van der Waals surface area (Å²) >= 11 is 6.51. The van der Waals surface area contributed by atoms with Crippen LogP contribution in [0, 0.1) is 0 Å². The van der Waals surface area contributed by atoms with Gasteiger partial charge in [-0.1, -0.05) is 11.8 Å². The van der Waals surface area contributed by atoms with Gasteiger partial charge in [0.05, 0.1) is 4.47 Å². The molecular formula is C11H11BrN4S2. The number of rotatable bonds is 4. The van der Waals surface area contributed by atoms with Crippen molar-refractivity contribution in [3.8, 4) is 0 Å². The molecule has 0 amide bonds. The molecular weight excluding hydrogens is 332 g/mol. The summed E-state index contributed by atoms with van der Waals surface area (Å²) in [5.74, 6) is 0.809. The van der Waals surface area contributed by atoms with Crippen LogP contribution in [0.1, 0.15) is 0 Å². The number of nitrogens with one attached hydrogen (secondary N) is 1. The Kier molecular flexibility index (Phi) is 4.85. The van der Waals surface area contributed by atoms with Gasteiger partial charge in [0, 0.05) is 19.3 Å². The summed E-state index contributed by atoms with van der Waals surface area (Å²) in [6.45, 7) is 0. The molecule has 18 heavy (non-hydrogen) atoms. The fourth-order valence-electron chi connectivity index (χ4n) is 1.22. The van der Waals surface area contributed by atoms with Gasteiger partial charge in [0.25, 0.3) is 0 Å². The number of nitrogens with zero attached hydrogens (tertiary/aromatic N) is 3. The standard InChI is InChI=1S/C11H11BrN4S2/c1-13-8-6-9(16-11(15-8)17-2)18-10-7(12)4-3-5-14-10/h3-6H,1-2H3,(H,13,15,16). The third-order valence-electron chi connectivity index (χ3n) is 2.05. The van der Waals surface area contributed by atoms with Crippen LogP contribution >= 0.6 is 39.5 Å². The maximum Gasteiger partial charge on any atom is 0.190 e. The third-order valence-corrected chi connectivity index (χ3v) is 4.43. The molecule has 0 saturated heterocycles. The van der Waals surface area contributed by atoms with Gasteiger partial charge in [0.15, 0.2) is 5.16 Å². The van der Waals surface area contributed by atoms with Crippen LogP contribution in [0.2, 0.25) is 0 Å². The van der Waals surface area contributed by atoms with Gasteiger partial charge in [-0.15, -0.1) is 0 Å². The van der Waals surface area contributed by atoms with Crippen LogP contribution in [0.25, 0.3) is 0 Å². The van der Waals surface area contributed by atoms with E-state index in [9.17, 15) is 0 Å². The summed E-state index contributed by atoms with van der Waals surface area (Å²) in [7, 11) is 1.84. The molecule has 94 valence electrons. The molecule has 2 rings (SSSR count). The molecule has 0 aliphatic carbocycles. The van der Waals surface area contributed by atoms with Crippen LogP contribution in [0.4, 0.5) is 5.82 Å². The second-order valence-corrected chi connectivity index (χ2v) is 5.86. The molecule has 0 aliphatic heterocycles. The summed E-state index contributed by atoms with van der Waals surface area (Å²) < 4.78 is 0.963. The SMILES string of the molecule is CNc1cc(Sc2ncccc2Br)nc(SC)n1. The van der Waals surface area contributed by atoms with Gasteiger partial charge < -0.3 is 5.32 Å². The van der Waals surface area contributed by atoms with Crippen molar-refractivity contribution in [2.75, 3.05) is 18.6 Å². The van der Waals surface area contributed by atoms with Crippen LogP contribution in [0.5, 0.6) is 0 Å². The Hall–Kier alpha value is -0.790. The Morgan fingerprint density at radius 2 is 2.17 bits per heavy atom. The fraction of sp³-hybridized carbons (Fsp3) is 0.182. The molecule has 0 aliphatic rings. The molecule has 2 aromatic rings. The van der Waals surface area contributed by atoms with E-state index in [1.807, 2.05) is 31.5 Å². The van der Waals surface area contributed by atoms with Crippen molar-refractivity contribution < 1.29 is 0 Å². The second kappa shape index (κ2) is 6.40. The van der Waals surface area contributed by atoms with Crippen molar-refractivity contribution >= 4 is 45.3 Å². The maximum atomic E-state index is 4.45. The molecule has 2 aromatic heterocycles. The van der Waals surface area contributed by atoms with Gasteiger partial charge in [-0.2, -0.15) is 0 Å². The Bertz CT molecular complexity index is 528. The van der Waals surface area contributed by atoms with Crippen molar-refractivity contribution in [2.24, 2.45) is 0 Å². The lowest BCUT2D eigenvalue weighted by molar-refractivity contribution is 0.895. The van der Waals surface area contributed by atoms with Crippen molar-refractivity contribution in [3.63, 3.8) is 0 Å². The molecule has 7 heteroatoms. The molecule has 0 atom stereocenters. The largest absolute Gasteiger partial charge is 0.373 e. The van der Waals surface area contributed by atoms with Gasteiger partial charge in [0.1, 0.15) is 15.9 Å². The molecule has 0 radical (unpaired) electrons. The maximum absolute atomic E-state index is 4.45. The number of hydrogen-bond donors (Lipinski definition) is 1. The number of hydrogen-bond acceptors (Lipinski definition) is 6. The van der Waals surface area contributed by atoms with E-state index < -0.39 is 0 Å². The zero-order valence-electron chi connectivity index (χ0n) is 9.85. The minimum atomic E-state index is 0.747. The Labute approximate surface area is 123 Å². The monoisotopic (exact) mass is 342 g/mol. The van der Waals surface area contributed by atoms with Gasteiger partial charge >= 0.3 is 0 Å². The summed E-state index contributed by atoms with van der Waals surface area (Å²) in [5, 5.41) is 5.55. The minimum Gasteiger partial charge on any atom is -0.373 e. The Morgan fingerprint density at radius 3 is 2.83 bits per heavy atom. The molecule has 0 saturated carbocycles. The molecule has 0 aromatic carbocycles. The molecule has 0 fully saturated rings. The number of aromatic nitrogens is 3. The van der Waals surface area contributed by atoms with Gasteiger partial charge in [-0.25, -0.2) is 15.0 Å². The lowest BCUT2D eigenvalue weighted by Crippen LogP contribution is -1.97. The Morgan fingerprint density at radius 1 is 1.33 bits per heavy atom. The van der Waals surface area contributed by atoms with E-state index in [1.165, 1.54) is 23.5 Å². The normalized spacial score (nSPS) is 10.4. The summed E-state index contributed by atoms with van der Waals surface area (Å²) in [6, 6.07) is 5.76. The molecule has 2 heterocycles. The van der Waals surface area contributed by atoms with Gasteiger partial charge in [-0.05, 0) is 46.1 Å². The first-order chi connectivity index (χ1) is 8.72. The molecule has 0 unspecified atom stereocenters. The minimum absolute atomic E-state index is 0.747. The van der Waals surface area contributed by atoms with Crippen molar-refractivity contribution in [3.05, 3.63) is 28.9 Å². The summed E-state index contributed by atoms with van der Waals surface area (Å²) in [4.78, 5) is 13.1. The predicted molar refractivity (Wildman–Crippen MR) is 79.4 cm³/mol. The quantitative estimate of drug-likeness (QED) is 0.521. The fourth-order valence-corrected chi connectivity index (χ4v) is 2.94. The highest BCUT2D eigenvalue weighted by atomic mass is 79.9. The van der Waals surface area contributed by atoms with Crippen molar-refractivity contribution in [1.82, 2.24) is 15.0 Å². The number of pyridine rings is 1. The average Bonchev–Trinajstić information content (AvgIpc) is 2.41. The van der Waals surface area contributed by atoms with Gasteiger partial charge in [0.2, 0.25) is 0 Å². The zero-order valence-corrected chi connectivity index (χ0v) is 13.1. The van der Waals surface area contributed by atoms with E-state index in [2.05, 4.69) is 36.2 Å².